The van der Waals surface area contributed by atoms with E-state index in [1.165, 1.54) is 24.3 Å². The number of nitrogens with one attached hydrogen (secondary N) is 1. The third kappa shape index (κ3) is 4.41. The number of phenols is 1. The van der Waals surface area contributed by atoms with Crippen molar-refractivity contribution in [2.45, 2.75) is 0 Å². The van der Waals surface area contributed by atoms with Crippen molar-refractivity contribution in [3.05, 3.63) is 88.3 Å². The number of rotatable bonds is 5. The summed E-state index contributed by atoms with van der Waals surface area (Å²) in [6.45, 7) is 1.69. The molecule has 12 nitrogen and oxygen atoms in total. The van der Waals surface area contributed by atoms with E-state index in [4.69, 9.17) is 15.7 Å². The monoisotopic (exact) mass is 536 g/mol. The lowest BCUT2D eigenvalue weighted by molar-refractivity contribution is 0.0738. The molecule has 0 aliphatic carbocycles. The smallest absolute Gasteiger partial charge is 0.254 e. The molecule has 1 amide bonds. The van der Waals surface area contributed by atoms with Crippen molar-refractivity contribution >= 4 is 29.2 Å². The minimum Gasteiger partial charge on any atom is -0.507 e. The number of imidazole rings is 1. The molecule has 1 aliphatic rings. The van der Waals surface area contributed by atoms with Crippen LogP contribution in [-0.2, 0) is 0 Å². The Hall–Kier alpha value is -5.52. The van der Waals surface area contributed by atoms with Gasteiger partial charge in [0.1, 0.15) is 17.1 Å². The van der Waals surface area contributed by atoms with E-state index in [0.717, 1.165) is 0 Å². The predicted octanol–water partition coefficient (Wildman–Crippen LogP) is 2.04. The van der Waals surface area contributed by atoms with Gasteiger partial charge in [-0.05, 0) is 48.5 Å². The maximum Gasteiger partial charge on any atom is 0.254 e. The zero-order valence-electron chi connectivity index (χ0n) is 21.2. The van der Waals surface area contributed by atoms with Gasteiger partial charge in [0, 0.05) is 30.9 Å². The average molecular weight is 537 g/mol. The number of aldehydes is 1. The van der Waals surface area contributed by atoms with E-state index in [1.54, 1.807) is 35.4 Å². The number of hydrogen-bond acceptors (Lipinski definition) is 9. The molecule has 1 aliphatic heterocycles. The topological polar surface area (TPSA) is 163 Å². The highest BCUT2D eigenvalue weighted by atomic mass is 16.3. The van der Waals surface area contributed by atoms with Crippen LogP contribution in [0.3, 0.4) is 0 Å². The molecule has 4 N–H and O–H groups in total. The predicted molar refractivity (Wildman–Crippen MR) is 149 cm³/mol. The number of nitrogen functional groups attached to an aromatic ring is 1. The molecule has 0 atom stereocenters. The van der Waals surface area contributed by atoms with Crippen LogP contribution in [-0.4, -0.2) is 73.0 Å². The third-order valence-corrected chi connectivity index (χ3v) is 6.84. The standard InChI is InChI=1S/C28H24N8O4/c29-25-19(3-2-10-30-25)26-33-22-9-8-21(20-4-1-5-24(39)31-20)32-27(22)36(26)35-13-11-34(12-14-35)28(40)17-6-7-18(16-37)23(38)15-17/h1-10,15-16,38H,11-14H2,(H2,29,30)(H,31,39). The van der Waals surface area contributed by atoms with Crippen molar-refractivity contribution in [1.29, 1.82) is 0 Å². The van der Waals surface area contributed by atoms with Crippen LogP contribution in [0.25, 0.3) is 33.9 Å². The first-order valence-corrected chi connectivity index (χ1v) is 12.6. The first-order valence-electron chi connectivity index (χ1n) is 12.6. The summed E-state index contributed by atoms with van der Waals surface area (Å²) in [5.74, 6) is 0.401. The summed E-state index contributed by atoms with van der Waals surface area (Å²) in [7, 11) is 0. The van der Waals surface area contributed by atoms with Crippen LogP contribution >= 0.6 is 0 Å². The average Bonchev–Trinajstić information content (AvgIpc) is 3.35. The van der Waals surface area contributed by atoms with E-state index in [9.17, 15) is 19.5 Å². The Labute approximate surface area is 227 Å². The van der Waals surface area contributed by atoms with Gasteiger partial charge in [0.15, 0.2) is 17.8 Å². The highest BCUT2D eigenvalue weighted by Crippen LogP contribution is 2.29. The quantitative estimate of drug-likeness (QED) is 0.285. The second kappa shape index (κ2) is 9.98. The molecule has 0 spiro atoms. The Balaban J connectivity index is 1.36. The number of fused-ring (bicyclic) bond motifs is 1. The van der Waals surface area contributed by atoms with Crippen LogP contribution in [0.4, 0.5) is 5.82 Å². The normalized spacial score (nSPS) is 13.5. The van der Waals surface area contributed by atoms with Crippen molar-refractivity contribution < 1.29 is 14.7 Å². The first-order chi connectivity index (χ1) is 19.4. The van der Waals surface area contributed by atoms with Gasteiger partial charge in [-0.15, -0.1) is 0 Å². The number of aromatic nitrogens is 5. The summed E-state index contributed by atoms with van der Waals surface area (Å²) < 4.78 is 1.89. The number of nitrogens with zero attached hydrogens (tertiary/aromatic N) is 6. The number of aromatic hydroxyl groups is 1. The molecule has 0 unspecified atom stereocenters. The Morgan fingerprint density at radius 1 is 1.00 bits per heavy atom. The number of hydrogen-bond donors (Lipinski definition) is 3. The number of benzene rings is 1. The molecule has 1 saturated heterocycles. The van der Waals surface area contributed by atoms with Crippen molar-refractivity contribution in [3.63, 3.8) is 0 Å². The molecule has 0 bridgehead atoms. The molecule has 0 radical (unpaired) electrons. The Morgan fingerprint density at radius 3 is 2.55 bits per heavy atom. The van der Waals surface area contributed by atoms with Crippen molar-refractivity contribution in [1.82, 2.24) is 29.5 Å². The highest BCUT2D eigenvalue weighted by Gasteiger charge is 2.27. The maximum absolute atomic E-state index is 13.1. The fourth-order valence-corrected chi connectivity index (χ4v) is 4.80. The van der Waals surface area contributed by atoms with Gasteiger partial charge >= 0.3 is 0 Å². The fourth-order valence-electron chi connectivity index (χ4n) is 4.80. The lowest BCUT2D eigenvalue weighted by Gasteiger charge is -2.37. The molecular formula is C28H24N8O4. The van der Waals surface area contributed by atoms with Crippen LogP contribution in [0.15, 0.2) is 71.7 Å². The number of aromatic amines is 1. The summed E-state index contributed by atoms with van der Waals surface area (Å²) in [5, 5.41) is 12.1. The van der Waals surface area contributed by atoms with Crippen LogP contribution in [0.2, 0.25) is 0 Å². The number of piperazine rings is 1. The number of phenolic OH excluding ortho intramolecular Hbond substituents is 1. The van der Waals surface area contributed by atoms with Crippen LogP contribution in [0.1, 0.15) is 20.7 Å². The van der Waals surface area contributed by atoms with E-state index >= 15 is 0 Å². The minimum atomic E-state index is -0.243. The summed E-state index contributed by atoms with van der Waals surface area (Å²) in [6.07, 6.45) is 2.15. The summed E-state index contributed by atoms with van der Waals surface area (Å²) in [6, 6.07) is 16.4. The Morgan fingerprint density at radius 2 is 1.82 bits per heavy atom. The summed E-state index contributed by atoms with van der Waals surface area (Å²) in [5.41, 5.74) is 9.41. The van der Waals surface area contributed by atoms with Gasteiger partial charge in [0.25, 0.3) is 5.91 Å². The molecule has 0 saturated carbocycles. The molecule has 40 heavy (non-hydrogen) atoms. The third-order valence-electron chi connectivity index (χ3n) is 6.84. The second-order valence-corrected chi connectivity index (χ2v) is 9.29. The van der Waals surface area contributed by atoms with Gasteiger partial charge in [-0.1, -0.05) is 6.07 Å². The molecule has 4 aromatic heterocycles. The number of pyridine rings is 3. The number of carbonyl (C=O) groups is 2. The fraction of sp³-hybridized carbons (Fsp3) is 0.143. The van der Waals surface area contributed by atoms with E-state index < -0.39 is 0 Å². The van der Waals surface area contributed by atoms with Gasteiger partial charge in [-0.25, -0.2) is 19.6 Å². The van der Waals surface area contributed by atoms with Crippen molar-refractivity contribution in [3.8, 4) is 28.5 Å². The van der Waals surface area contributed by atoms with Crippen LogP contribution in [0, 0.1) is 0 Å². The van der Waals surface area contributed by atoms with E-state index in [-0.39, 0.29) is 22.8 Å². The second-order valence-electron chi connectivity index (χ2n) is 9.29. The number of carbonyl (C=O) groups excluding carboxylic acids is 2. The van der Waals surface area contributed by atoms with Gasteiger partial charge in [-0.3, -0.25) is 14.4 Å². The largest absolute Gasteiger partial charge is 0.507 e. The van der Waals surface area contributed by atoms with Gasteiger partial charge < -0.3 is 25.7 Å². The Kier molecular flexibility index (Phi) is 6.19. The summed E-state index contributed by atoms with van der Waals surface area (Å²) in [4.78, 5) is 54.5. The molecule has 1 fully saturated rings. The SMILES string of the molecule is Nc1ncccc1-c1nc2ccc(-c3cccc(=O)[nH]3)nc2n1N1CCN(C(=O)c2ccc(C=O)c(O)c2)CC1. The van der Waals surface area contributed by atoms with Crippen LogP contribution < -0.4 is 16.3 Å². The molecule has 6 rings (SSSR count). The maximum atomic E-state index is 13.1. The van der Waals surface area contributed by atoms with Crippen LogP contribution in [0.5, 0.6) is 5.75 Å². The Bertz CT molecular complexity index is 1820. The van der Waals surface area contributed by atoms with Gasteiger partial charge in [0.2, 0.25) is 5.56 Å². The zero-order chi connectivity index (χ0) is 27.8. The minimum absolute atomic E-state index is 0.127. The van der Waals surface area contributed by atoms with E-state index in [0.29, 0.717) is 77.8 Å². The molecule has 5 heterocycles. The number of H-pyrrole nitrogens is 1. The van der Waals surface area contributed by atoms with Crippen molar-refractivity contribution in [2.24, 2.45) is 0 Å². The molecule has 12 heteroatoms. The number of anilines is 1. The van der Waals surface area contributed by atoms with Crippen molar-refractivity contribution in [2.75, 3.05) is 36.9 Å². The first kappa shape index (κ1) is 24.8. The lowest BCUT2D eigenvalue weighted by Crippen LogP contribution is -2.53. The van der Waals surface area contributed by atoms with E-state index in [2.05, 4.69) is 9.97 Å². The zero-order valence-corrected chi connectivity index (χ0v) is 21.2. The summed E-state index contributed by atoms with van der Waals surface area (Å²) >= 11 is 0. The molecule has 200 valence electrons. The van der Waals surface area contributed by atoms with Gasteiger partial charge in [-0.2, -0.15) is 0 Å². The molecule has 5 aromatic rings. The lowest BCUT2D eigenvalue weighted by atomic mass is 10.1. The number of nitrogens with two attached hydrogens (primary N) is 1. The van der Waals surface area contributed by atoms with E-state index in [1.807, 2.05) is 21.8 Å². The van der Waals surface area contributed by atoms with Gasteiger partial charge in [0.05, 0.1) is 35.6 Å². The molecule has 1 aromatic carbocycles. The highest BCUT2D eigenvalue weighted by molar-refractivity contribution is 5.96. The molecular weight excluding hydrogens is 512 g/mol. The number of amides is 1.